The fourth-order valence-electron chi connectivity index (χ4n) is 1.76. The molecular weight excluding hydrogens is 252 g/mol. The molecule has 0 saturated carbocycles. The Kier molecular flexibility index (Phi) is 2.75. The predicted octanol–water partition coefficient (Wildman–Crippen LogP) is 2.29. The van der Waals surface area contributed by atoms with Crippen LogP contribution in [0.2, 0.25) is 0 Å². The van der Waals surface area contributed by atoms with E-state index in [0.717, 1.165) is 0 Å². The Morgan fingerprint density at radius 3 is 2.95 bits per heavy atom. The fraction of sp³-hybridized carbons (Fsp3) is 0.154. The van der Waals surface area contributed by atoms with E-state index in [4.69, 9.17) is 23.7 Å². The van der Waals surface area contributed by atoms with E-state index < -0.39 is 5.97 Å². The summed E-state index contributed by atoms with van der Waals surface area (Å²) in [6.07, 6.45) is 1.32. The summed E-state index contributed by atoms with van der Waals surface area (Å²) in [5.74, 6) is 0.627. The molecular formula is C13H10O6. The lowest BCUT2D eigenvalue weighted by atomic mass is 10.2. The standard InChI is InChI=1S/C13H10O6/c14-13(15)12-8(3-4-16-12)6-17-9-1-2-10-11(5-9)19-7-18-10/h1-5H,6-7H2,(H,14,15). The number of carboxylic acids is 1. The van der Waals surface area contributed by atoms with Crippen LogP contribution in [0.4, 0.5) is 0 Å². The lowest BCUT2D eigenvalue weighted by Crippen LogP contribution is -2.02. The van der Waals surface area contributed by atoms with E-state index in [2.05, 4.69) is 0 Å². The lowest BCUT2D eigenvalue weighted by Gasteiger charge is -2.06. The van der Waals surface area contributed by atoms with Crippen LogP contribution in [0, 0.1) is 0 Å². The van der Waals surface area contributed by atoms with E-state index in [0.29, 0.717) is 22.8 Å². The Balaban J connectivity index is 1.72. The van der Waals surface area contributed by atoms with Gasteiger partial charge >= 0.3 is 5.97 Å². The zero-order valence-corrected chi connectivity index (χ0v) is 9.79. The van der Waals surface area contributed by atoms with Crippen LogP contribution in [0.25, 0.3) is 0 Å². The predicted molar refractivity (Wildman–Crippen MR) is 62.6 cm³/mol. The number of carboxylic acid groups (broad SMARTS) is 1. The highest BCUT2D eigenvalue weighted by Crippen LogP contribution is 2.35. The largest absolute Gasteiger partial charge is 0.489 e. The first-order chi connectivity index (χ1) is 9.24. The number of hydrogen-bond donors (Lipinski definition) is 1. The molecule has 0 atom stereocenters. The quantitative estimate of drug-likeness (QED) is 0.910. The second-order valence-electron chi connectivity index (χ2n) is 3.88. The summed E-state index contributed by atoms with van der Waals surface area (Å²) >= 11 is 0. The van der Waals surface area contributed by atoms with Crippen molar-refractivity contribution in [3.63, 3.8) is 0 Å². The molecule has 2 heterocycles. The monoisotopic (exact) mass is 262 g/mol. The van der Waals surface area contributed by atoms with E-state index in [1.54, 1.807) is 24.3 Å². The smallest absolute Gasteiger partial charge is 0.372 e. The Labute approximate surface area is 108 Å². The van der Waals surface area contributed by atoms with Crippen LogP contribution in [0.3, 0.4) is 0 Å². The third kappa shape index (κ3) is 2.20. The Morgan fingerprint density at radius 2 is 2.11 bits per heavy atom. The molecule has 1 aromatic carbocycles. The first kappa shape index (κ1) is 11.5. The zero-order valence-electron chi connectivity index (χ0n) is 9.79. The van der Waals surface area contributed by atoms with Gasteiger partial charge < -0.3 is 23.7 Å². The molecule has 0 saturated heterocycles. The molecule has 6 nitrogen and oxygen atoms in total. The first-order valence-corrected chi connectivity index (χ1v) is 5.56. The summed E-state index contributed by atoms with van der Waals surface area (Å²) < 4.78 is 20.8. The highest BCUT2D eigenvalue weighted by atomic mass is 16.7. The third-order valence-corrected chi connectivity index (χ3v) is 2.68. The van der Waals surface area contributed by atoms with Crippen LogP contribution in [0.5, 0.6) is 17.2 Å². The Morgan fingerprint density at radius 1 is 1.26 bits per heavy atom. The maximum absolute atomic E-state index is 10.9. The molecule has 0 fully saturated rings. The normalized spacial score (nSPS) is 12.4. The van der Waals surface area contributed by atoms with Crippen LogP contribution >= 0.6 is 0 Å². The molecule has 0 unspecified atom stereocenters. The molecule has 1 aromatic heterocycles. The summed E-state index contributed by atoms with van der Waals surface area (Å²) in [5, 5.41) is 8.89. The van der Waals surface area contributed by atoms with Gasteiger partial charge in [-0.3, -0.25) is 0 Å². The summed E-state index contributed by atoms with van der Waals surface area (Å²) in [5.41, 5.74) is 0.477. The molecule has 1 aliphatic rings. The van der Waals surface area contributed by atoms with Gasteiger partial charge in [-0.1, -0.05) is 0 Å². The molecule has 98 valence electrons. The second kappa shape index (κ2) is 4.56. The summed E-state index contributed by atoms with van der Waals surface area (Å²) in [4.78, 5) is 10.9. The molecule has 3 rings (SSSR count). The highest BCUT2D eigenvalue weighted by Gasteiger charge is 2.16. The lowest BCUT2D eigenvalue weighted by molar-refractivity contribution is 0.0658. The second-order valence-corrected chi connectivity index (χ2v) is 3.88. The van der Waals surface area contributed by atoms with E-state index in [1.807, 2.05) is 0 Å². The molecule has 2 aromatic rings. The molecule has 0 spiro atoms. The number of ether oxygens (including phenoxy) is 3. The minimum absolute atomic E-state index is 0.109. The number of rotatable bonds is 4. The SMILES string of the molecule is O=C(O)c1occc1COc1ccc2c(c1)OCO2. The summed E-state index contributed by atoms with van der Waals surface area (Å²) in [6, 6.07) is 6.73. The van der Waals surface area contributed by atoms with Gasteiger partial charge in [0.05, 0.1) is 6.26 Å². The summed E-state index contributed by atoms with van der Waals surface area (Å²) in [6.45, 7) is 0.307. The number of aromatic carboxylic acids is 1. The van der Waals surface area contributed by atoms with Crippen molar-refractivity contribution in [1.82, 2.24) is 0 Å². The van der Waals surface area contributed by atoms with Crippen molar-refractivity contribution >= 4 is 5.97 Å². The van der Waals surface area contributed by atoms with Crippen LogP contribution in [0.15, 0.2) is 34.9 Å². The Hall–Kier alpha value is -2.63. The van der Waals surface area contributed by atoms with Crippen molar-refractivity contribution in [3.05, 3.63) is 41.9 Å². The van der Waals surface area contributed by atoms with Crippen molar-refractivity contribution in [2.24, 2.45) is 0 Å². The van der Waals surface area contributed by atoms with Crippen molar-refractivity contribution in [2.45, 2.75) is 6.61 Å². The van der Waals surface area contributed by atoms with Crippen LogP contribution in [-0.4, -0.2) is 17.9 Å². The molecule has 0 amide bonds. The maximum Gasteiger partial charge on any atom is 0.372 e. The minimum atomic E-state index is -1.12. The maximum atomic E-state index is 10.9. The van der Waals surface area contributed by atoms with E-state index >= 15 is 0 Å². The van der Waals surface area contributed by atoms with Crippen LogP contribution < -0.4 is 14.2 Å². The average Bonchev–Trinajstić information content (AvgIpc) is 3.04. The average molecular weight is 262 g/mol. The Bertz CT molecular complexity index is 615. The first-order valence-electron chi connectivity index (χ1n) is 5.56. The van der Waals surface area contributed by atoms with Crippen molar-refractivity contribution in [1.29, 1.82) is 0 Å². The van der Waals surface area contributed by atoms with Gasteiger partial charge in [0, 0.05) is 11.6 Å². The minimum Gasteiger partial charge on any atom is -0.489 e. The van der Waals surface area contributed by atoms with Crippen LogP contribution in [0.1, 0.15) is 16.1 Å². The van der Waals surface area contributed by atoms with Gasteiger partial charge in [0.15, 0.2) is 11.5 Å². The highest BCUT2D eigenvalue weighted by molar-refractivity contribution is 5.86. The van der Waals surface area contributed by atoms with E-state index in [1.165, 1.54) is 6.26 Å². The van der Waals surface area contributed by atoms with Gasteiger partial charge in [0.25, 0.3) is 0 Å². The zero-order chi connectivity index (χ0) is 13.2. The number of fused-ring (bicyclic) bond motifs is 1. The molecule has 6 heteroatoms. The number of benzene rings is 1. The molecule has 1 N–H and O–H groups in total. The fourth-order valence-corrected chi connectivity index (χ4v) is 1.76. The molecule has 0 radical (unpaired) electrons. The van der Waals surface area contributed by atoms with Gasteiger partial charge in [-0.15, -0.1) is 0 Å². The van der Waals surface area contributed by atoms with Crippen molar-refractivity contribution < 1.29 is 28.5 Å². The summed E-state index contributed by atoms with van der Waals surface area (Å²) in [7, 11) is 0. The van der Waals surface area contributed by atoms with Gasteiger partial charge in [-0.25, -0.2) is 4.79 Å². The van der Waals surface area contributed by atoms with Gasteiger partial charge in [0.2, 0.25) is 12.6 Å². The van der Waals surface area contributed by atoms with Gasteiger partial charge in [-0.05, 0) is 18.2 Å². The topological polar surface area (TPSA) is 78.1 Å². The van der Waals surface area contributed by atoms with Crippen molar-refractivity contribution in [3.8, 4) is 17.2 Å². The molecule has 0 aliphatic carbocycles. The van der Waals surface area contributed by atoms with Crippen molar-refractivity contribution in [2.75, 3.05) is 6.79 Å². The van der Waals surface area contributed by atoms with Crippen LogP contribution in [-0.2, 0) is 6.61 Å². The molecule has 19 heavy (non-hydrogen) atoms. The van der Waals surface area contributed by atoms with E-state index in [-0.39, 0.29) is 19.2 Å². The van der Waals surface area contributed by atoms with Gasteiger partial charge in [0.1, 0.15) is 12.4 Å². The number of furan rings is 1. The van der Waals surface area contributed by atoms with E-state index in [9.17, 15) is 4.79 Å². The number of carbonyl (C=O) groups is 1. The number of hydrogen-bond acceptors (Lipinski definition) is 5. The van der Waals surface area contributed by atoms with Gasteiger partial charge in [-0.2, -0.15) is 0 Å². The third-order valence-electron chi connectivity index (χ3n) is 2.68. The molecule has 0 bridgehead atoms. The molecule has 1 aliphatic heterocycles.